The molecule has 0 N–H and O–H groups in total. The van der Waals surface area contributed by atoms with Crippen molar-refractivity contribution in [2.75, 3.05) is 7.11 Å². The van der Waals surface area contributed by atoms with E-state index in [0.29, 0.717) is 17.0 Å². The molecule has 0 bridgehead atoms. The van der Waals surface area contributed by atoms with Gasteiger partial charge in [-0.2, -0.15) is 0 Å². The Morgan fingerprint density at radius 2 is 2.24 bits per heavy atom. The summed E-state index contributed by atoms with van der Waals surface area (Å²) in [6, 6.07) is 9.59. The summed E-state index contributed by atoms with van der Waals surface area (Å²) in [5.74, 6) is 0.755. The van der Waals surface area contributed by atoms with Crippen LogP contribution in [0.4, 0.5) is 0 Å². The third-order valence-electron chi connectivity index (χ3n) is 2.36. The number of thiophene rings is 1. The van der Waals surface area contributed by atoms with E-state index in [2.05, 4.69) is 15.9 Å². The number of carbonyl (C=O) groups is 1. The molecule has 0 aliphatic carbocycles. The Kier molecular flexibility index (Phi) is 3.97. The number of halogens is 1. The molecule has 4 heteroatoms. The molecule has 2 nitrogen and oxygen atoms in total. The van der Waals surface area contributed by atoms with E-state index in [4.69, 9.17) is 4.74 Å². The molecule has 2 aromatic rings. The van der Waals surface area contributed by atoms with Gasteiger partial charge in [-0.15, -0.1) is 11.3 Å². The van der Waals surface area contributed by atoms with Crippen molar-refractivity contribution in [1.29, 1.82) is 0 Å². The maximum atomic E-state index is 12.1. The Morgan fingerprint density at radius 3 is 2.94 bits per heavy atom. The number of Topliss-reactive ketones (excluding diaryl/α,β-unsaturated/α-hetero) is 1. The molecule has 0 fully saturated rings. The first-order chi connectivity index (χ1) is 8.20. The van der Waals surface area contributed by atoms with Crippen molar-refractivity contribution < 1.29 is 9.53 Å². The number of ether oxygens (including phenoxy) is 1. The van der Waals surface area contributed by atoms with Crippen LogP contribution < -0.4 is 4.74 Å². The molecule has 1 aromatic carbocycles. The second kappa shape index (κ2) is 5.47. The largest absolute Gasteiger partial charge is 0.495 e. The van der Waals surface area contributed by atoms with E-state index in [1.807, 2.05) is 35.7 Å². The topological polar surface area (TPSA) is 26.3 Å². The number of hydrogen-bond donors (Lipinski definition) is 0. The molecule has 0 aliphatic heterocycles. The Morgan fingerprint density at radius 1 is 1.41 bits per heavy atom. The Balaban J connectivity index is 2.17. The highest BCUT2D eigenvalue weighted by Gasteiger charge is 2.14. The molecule has 1 aromatic heterocycles. The molecule has 2 rings (SSSR count). The number of carbonyl (C=O) groups excluding carboxylic acids is 1. The summed E-state index contributed by atoms with van der Waals surface area (Å²) in [7, 11) is 1.58. The summed E-state index contributed by atoms with van der Waals surface area (Å²) in [5, 5.41) is 1.87. The van der Waals surface area contributed by atoms with Crippen LogP contribution >= 0.6 is 27.3 Å². The summed E-state index contributed by atoms with van der Waals surface area (Å²) in [6.07, 6.45) is 0.399. The van der Waals surface area contributed by atoms with E-state index in [-0.39, 0.29) is 5.78 Å². The Bertz CT molecular complexity index is 534. The molecule has 0 aliphatic rings. The number of benzene rings is 1. The van der Waals surface area contributed by atoms with Gasteiger partial charge in [-0.3, -0.25) is 4.79 Å². The zero-order chi connectivity index (χ0) is 12.3. The van der Waals surface area contributed by atoms with Crippen LogP contribution in [0.15, 0.2) is 40.2 Å². The van der Waals surface area contributed by atoms with Crippen molar-refractivity contribution >= 4 is 33.0 Å². The van der Waals surface area contributed by atoms with Crippen LogP contribution in [0.3, 0.4) is 0 Å². The van der Waals surface area contributed by atoms with Gasteiger partial charge in [0.15, 0.2) is 5.78 Å². The standard InChI is InChI=1S/C13H11BrO2S/c1-16-12-5-6-17-13(12)11(15)8-9-3-2-4-10(14)7-9/h2-7H,8H2,1H3. The number of rotatable bonds is 4. The van der Waals surface area contributed by atoms with Crippen LogP contribution in [0.5, 0.6) is 5.75 Å². The van der Waals surface area contributed by atoms with E-state index >= 15 is 0 Å². The average Bonchev–Trinajstić information content (AvgIpc) is 2.77. The van der Waals surface area contributed by atoms with Gasteiger partial charge in [0.25, 0.3) is 0 Å². The predicted octanol–water partition coefficient (Wildman–Crippen LogP) is 3.94. The van der Waals surface area contributed by atoms with Crippen LogP contribution in [-0.2, 0) is 6.42 Å². The average molecular weight is 311 g/mol. The molecule has 88 valence electrons. The number of hydrogen-bond acceptors (Lipinski definition) is 3. The maximum absolute atomic E-state index is 12.1. The fraction of sp³-hybridized carbons (Fsp3) is 0.154. The summed E-state index contributed by atoms with van der Waals surface area (Å²) in [5.41, 5.74) is 1.000. The molecule has 0 unspecified atom stereocenters. The molecular weight excluding hydrogens is 300 g/mol. The minimum atomic E-state index is 0.0925. The Hall–Kier alpha value is -1.13. The lowest BCUT2D eigenvalue weighted by atomic mass is 10.1. The minimum Gasteiger partial charge on any atom is -0.495 e. The molecule has 0 saturated heterocycles. The molecular formula is C13H11BrO2S. The third kappa shape index (κ3) is 2.96. The van der Waals surface area contributed by atoms with Crippen molar-refractivity contribution in [3.8, 4) is 5.75 Å². The highest BCUT2D eigenvalue weighted by molar-refractivity contribution is 9.10. The van der Waals surface area contributed by atoms with Crippen LogP contribution in [0.1, 0.15) is 15.2 Å². The molecule has 0 atom stereocenters. The lowest BCUT2D eigenvalue weighted by molar-refractivity contribution is 0.0994. The van der Waals surface area contributed by atoms with Gasteiger partial charge in [-0.1, -0.05) is 28.1 Å². The SMILES string of the molecule is COc1ccsc1C(=O)Cc1cccc(Br)c1. The fourth-order valence-corrected chi connectivity index (χ4v) is 2.82. The van der Waals surface area contributed by atoms with E-state index in [1.165, 1.54) is 11.3 Å². The lowest BCUT2D eigenvalue weighted by Crippen LogP contribution is -2.02. The zero-order valence-corrected chi connectivity index (χ0v) is 11.7. The van der Waals surface area contributed by atoms with Crippen molar-refractivity contribution in [2.24, 2.45) is 0 Å². The normalized spacial score (nSPS) is 10.2. The number of methoxy groups -OCH3 is 1. The minimum absolute atomic E-state index is 0.0925. The molecule has 0 saturated carbocycles. The van der Waals surface area contributed by atoms with Crippen LogP contribution in [0, 0.1) is 0 Å². The smallest absolute Gasteiger partial charge is 0.180 e. The van der Waals surface area contributed by atoms with E-state index in [9.17, 15) is 4.79 Å². The van der Waals surface area contributed by atoms with Crippen molar-refractivity contribution in [3.63, 3.8) is 0 Å². The van der Waals surface area contributed by atoms with Gasteiger partial charge in [0.05, 0.1) is 7.11 Å². The maximum Gasteiger partial charge on any atom is 0.180 e. The molecule has 1 heterocycles. The summed E-state index contributed by atoms with van der Waals surface area (Å²) < 4.78 is 6.14. The molecule has 0 spiro atoms. The van der Waals surface area contributed by atoms with Crippen LogP contribution in [0.25, 0.3) is 0 Å². The van der Waals surface area contributed by atoms with E-state index in [1.54, 1.807) is 7.11 Å². The van der Waals surface area contributed by atoms with Gasteiger partial charge < -0.3 is 4.74 Å². The second-order valence-electron chi connectivity index (χ2n) is 3.55. The monoisotopic (exact) mass is 310 g/mol. The molecule has 17 heavy (non-hydrogen) atoms. The quantitative estimate of drug-likeness (QED) is 0.799. The number of ketones is 1. The van der Waals surface area contributed by atoms with Gasteiger partial charge >= 0.3 is 0 Å². The summed E-state index contributed by atoms with van der Waals surface area (Å²) in [4.78, 5) is 12.8. The van der Waals surface area contributed by atoms with Gasteiger partial charge in [-0.05, 0) is 29.1 Å². The van der Waals surface area contributed by atoms with E-state index < -0.39 is 0 Å². The van der Waals surface area contributed by atoms with Crippen molar-refractivity contribution in [3.05, 3.63) is 50.6 Å². The first-order valence-electron chi connectivity index (χ1n) is 5.10. The molecule has 0 radical (unpaired) electrons. The summed E-state index contributed by atoms with van der Waals surface area (Å²) >= 11 is 4.81. The second-order valence-corrected chi connectivity index (χ2v) is 5.38. The predicted molar refractivity (Wildman–Crippen MR) is 73.0 cm³/mol. The van der Waals surface area contributed by atoms with Crippen molar-refractivity contribution in [1.82, 2.24) is 0 Å². The van der Waals surface area contributed by atoms with Crippen LogP contribution in [0.2, 0.25) is 0 Å². The van der Waals surface area contributed by atoms with Crippen LogP contribution in [-0.4, -0.2) is 12.9 Å². The highest BCUT2D eigenvalue weighted by atomic mass is 79.9. The first kappa shape index (κ1) is 12.3. The van der Waals surface area contributed by atoms with Gasteiger partial charge in [0.2, 0.25) is 0 Å². The Labute approximate surface area is 112 Å². The lowest BCUT2D eigenvalue weighted by Gasteiger charge is -2.02. The zero-order valence-electron chi connectivity index (χ0n) is 9.27. The van der Waals surface area contributed by atoms with Gasteiger partial charge in [0, 0.05) is 10.9 Å². The van der Waals surface area contributed by atoms with Gasteiger partial charge in [-0.25, -0.2) is 0 Å². The van der Waals surface area contributed by atoms with E-state index in [0.717, 1.165) is 10.0 Å². The third-order valence-corrected chi connectivity index (χ3v) is 3.79. The molecule has 0 amide bonds. The summed E-state index contributed by atoms with van der Waals surface area (Å²) in [6.45, 7) is 0. The van der Waals surface area contributed by atoms with Gasteiger partial charge in [0.1, 0.15) is 10.6 Å². The highest BCUT2D eigenvalue weighted by Crippen LogP contribution is 2.26. The first-order valence-corrected chi connectivity index (χ1v) is 6.77. The van der Waals surface area contributed by atoms with Crippen molar-refractivity contribution in [2.45, 2.75) is 6.42 Å². The fourth-order valence-electron chi connectivity index (χ4n) is 1.57.